The molecule has 0 amide bonds. The minimum Gasteiger partial charge on any atom is -0.462 e. The fourth-order valence-corrected chi connectivity index (χ4v) is 6.57. The van der Waals surface area contributed by atoms with E-state index in [2.05, 4.69) is 35.4 Å². The maximum Gasteiger partial charge on any atom is 0.302 e. The molecular formula is C26H30N2O2. The number of fused-ring (bicyclic) bond motifs is 5. The van der Waals surface area contributed by atoms with Crippen LogP contribution < -0.4 is 0 Å². The van der Waals surface area contributed by atoms with E-state index in [1.165, 1.54) is 30.4 Å². The van der Waals surface area contributed by atoms with Gasteiger partial charge in [-0.25, -0.2) is 0 Å². The molecule has 0 radical (unpaired) electrons. The first kappa shape index (κ1) is 19.5. The molecule has 4 heteroatoms. The van der Waals surface area contributed by atoms with Gasteiger partial charge in [-0.1, -0.05) is 31.2 Å². The maximum absolute atomic E-state index is 11.6. The van der Waals surface area contributed by atoms with Crippen LogP contribution in [0.2, 0.25) is 0 Å². The van der Waals surface area contributed by atoms with Gasteiger partial charge in [-0.15, -0.1) is 0 Å². The predicted molar refractivity (Wildman–Crippen MR) is 117 cm³/mol. The van der Waals surface area contributed by atoms with Gasteiger partial charge in [0.05, 0.1) is 11.4 Å². The summed E-state index contributed by atoms with van der Waals surface area (Å²) in [5, 5.41) is 8.92. The molecule has 30 heavy (non-hydrogen) atoms. The van der Waals surface area contributed by atoms with Crippen molar-refractivity contribution in [3.63, 3.8) is 0 Å². The third-order valence-electron chi connectivity index (χ3n) is 7.97. The van der Waals surface area contributed by atoms with Crippen molar-refractivity contribution in [2.75, 3.05) is 0 Å². The van der Waals surface area contributed by atoms with Gasteiger partial charge < -0.3 is 4.74 Å². The van der Waals surface area contributed by atoms with Gasteiger partial charge in [0.1, 0.15) is 6.10 Å². The van der Waals surface area contributed by atoms with Crippen LogP contribution in [0.3, 0.4) is 0 Å². The monoisotopic (exact) mass is 402 g/mol. The molecule has 2 aromatic carbocycles. The molecule has 5 rings (SSSR count). The van der Waals surface area contributed by atoms with E-state index < -0.39 is 0 Å². The maximum atomic E-state index is 11.6. The van der Waals surface area contributed by atoms with E-state index in [9.17, 15) is 4.79 Å². The van der Waals surface area contributed by atoms with E-state index in [-0.39, 0.29) is 17.5 Å². The smallest absolute Gasteiger partial charge is 0.302 e. The number of azo groups is 1. The van der Waals surface area contributed by atoms with Gasteiger partial charge in [-0.3, -0.25) is 4.79 Å². The number of rotatable bonds is 3. The van der Waals surface area contributed by atoms with Crippen LogP contribution in [-0.2, 0) is 16.0 Å². The van der Waals surface area contributed by atoms with Crippen molar-refractivity contribution >= 4 is 17.3 Å². The molecule has 2 fully saturated rings. The summed E-state index contributed by atoms with van der Waals surface area (Å²) in [6, 6.07) is 16.5. The van der Waals surface area contributed by atoms with E-state index >= 15 is 0 Å². The molecule has 2 saturated carbocycles. The Balaban J connectivity index is 1.40. The first-order valence-corrected chi connectivity index (χ1v) is 11.3. The summed E-state index contributed by atoms with van der Waals surface area (Å²) < 4.78 is 5.76. The fraction of sp³-hybridized carbons (Fsp3) is 0.500. The Hall–Kier alpha value is -2.49. The van der Waals surface area contributed by atoms with Crippen LogP contribution in [0, 0.1) is 17.3 Å². The first-order valence-electron chi connectivity index (χ1n) is 11.3. The Morgan fingerprint density at radius 1 is 1.00 bits per heavy atom. The van der Waals surface area contributed by atoms with E-state index in [4.69, 9.17) is 4.74 Å². The second kappa shape index (κ2) is 7.64. The van der Waals surface area contributed by atoms with E-state index in [0.29, 0.717) is 17.8 Å². The summed E-state index contributed by atoms with van der Waals surface area (Å²) in [5.74, 6) is 1.78. The zero-order chi connectivity index (χ0) is 20.7. The zero-order valence-corrected chi connectivity index (χ0v) is 17.9. The Bertz CT molecular complexity index is 970. The first-order chi connectivity index (χ1) is 14.5. The third-order valence-corrected chi connectivity index (χ3v) is 7.97. The minimum atomic E-state index is -0.133. The minimum absolute atomic E-state index is 0.0911. The molecule has 0 aliphatic heterocycles. The molecule has 5 atom stereocenters. The van der Waals surface area contributed by atoms with Crippen LogP contribution in [0.25, 0.3) is 0 Å². The lowest BCUT2D eigenvalue weighted by molar-refractivity contribution is -0.154. The molecule has 3 aliphatic rings. The SMILES string of the molecule is CC(=O)OC1CCC2C3CCc4ccc(N=Nc5ccccc5)cc4C3CCC12C. The lowest BCUT2D eigenvalue weighted by Crippen LogP contribution is -2.45. The molecule has 2 aromatic rings. The normalized spacial score (nSPS) is 32.3. The molecule has 5 unspecified atom stereocenters. The van der Waals surface area contributed by atoms with Crippen LogP contribution in [0.5, 0.6) is 0 Å². The molecule has 0 heterocycles. The van der Waals surface area contributed by atoms with Gasteiger partial charge in [0.2, 0.25) is 0 Å². The summed E-state index contributed by atoms with van der Waals surface area (Å²) in [4.78, 5) is 11.6. The van der Waals surface area contributed by atoms with E-state index in [1.807, 2.05) is 30.3 Å². The lowest BCUT2D eigenvalue weighted by Gasteiger charge is -2.50. The second-order valence-corrected chi connectivity index (χ2v) is 9.55. The Morgan fingerprint density at radius 2 is 1.80 bits per heavy atom. The number of carbonyl (C=O) groups excluding carboxylic acids is 1. The Morgan fingerprint density at radius 3 is 2.60 bits per heavy atom. The van der Waals surface area contributed by atoms with Crippen LogP contribution in [-0.4, -0.2) is 12.1 Å². The van der Waals surface area contributed by atoms with Crippen molar-refractivity contribution in [3.05, 3.63) is 59.7 Å². The predicted octanol–water partition coefficient (Wildman–Crippen LogP) is 6.89. The molecule has 3 aliphatic carbocycles. The Labute approximate surface area is 178 Å². The molecule has 156 valence electrons. The van der Waals surface area contributed by atoms with Crippen LogP contribution in [0.1, 0.15) is 63.0 Å². The average Bonchev–Trinajstić information content (AvgIpc) is 3.08. The summed E-state index contributed by atoms with van der Waals surface area (Å²) in [6.07, 6.45) is 6.97. The highest BCUT2D eigenvalue weighted by atomic mass is 16.5. The highest BCUT2D eigenvalue weighted by Crippen LogP contribution is 2.61. The van der Waals surface area contributed by atoms with Gasteiger partial charge in [-0.2, -0.15) is 10.2 Å². The molecule has 0 bridgehead atoms. The fourth-order valence-electron chi connectivity index (χ4n) is 6.57. The number of benzene rings is 2. The van der Waals surface area contributed by atoms with Gasteiger partial charge in [0.15, 0.2) is 0 Å². The van der Waals surface area contributed by atoms with Crippen LogP contribution >= 0.6 is 0 Å². The summed E-state index contributed by atoms with van der Waals surface area (Å²) in [5.41, 5.74) is 4.91. The second-order valence-electron chi connectivity index (χ2n) is 9.55. The van der Waals surface area contributed by atoms with Crippen molar-refractivity contribution < 1.29 is 9.53 Å². The van der Waals surface area contributed by atoms with Gasteiger partial charge in [0, 0.05) is 12.3 Å². The van der Waals surface area contributed by atoms with Crippen LogP contribution in [0.4, 0.5) is 11.4 Å². The largest absolute Gasteiger partial charge is 0.462 e. The number of aryl methyl sites for hydroxylation is 1. The number of carbonyl (C=O) groups is 1. The van der Waals surface area contributed by atoms with Crippen LogP contribution in [0.15, 0.2) is 58.8 Å². The topological polar surface area (TPSA) is 51.0 Å². The zero-order valence-electron chi connectivity index (χ0n) is 17.9. The number of nitrogens with zero attached hydrogens (tertiary/aromatic N) is 2. The molecule has 0 aromatic heterocycles. The summed E-state index contributed by atoms with van der Waals surface area (Å²) in [6.45, 7) is 3.92. The van der Waals surface area contributed by atoms with E-state index in [0.717, 1.165) is 30.6 Å². The highest BCUT2D eigenvalue weighted by Gasteiger charge is 2.56. The number of hydrogen-bond acceptors (Lipinski definition) is 4. The molecular weight excluding hydrogens is 372 g/mol. The summed E-state index contributed by atoms with van der Waals surface area (Å²) in [7, 11) is 0. The number of esters is 1. The standard InChI is InChI=1S/C26H30N2O2/c1-17(29)30-25-13-12-24-22-11-9-18-8-10-20(28-27-19-6-4-3-5-7-19)16-23(18)21(22)14-15-26(24,25)2/h3-8,10,16,21-22,24-25H,9,11-15H2,1-2H3. The van der Waals surface area contributed by atoms with Gasteiger partial charge in [-0.05, 0) is 91.7 Å². The highest BCUT2D eigenvalue weighted by molar-refractivity contribution is 5.66. The van der Waals surface area contributed by atoms with Crippen molar-refractivity contribution in [3.8, 4) is 0 Å². The van der Waals surface area contributed by atoms with Crippen molar-refractivity contribution in [2.24, 2.45) is 27.5 Å². The Kier molecular flexibility index (Phi) is 4.96. The quantitative estimate of drug-likeness (QED) is 0.414. The third kappa shape index (κ3) is 3.36. The average molecular weight is 403 g/mol. The molecule has 0 spiro atoms. The van der Waals surface area contributed by atoms with Crippen molar-refractivity contribution in [2.45, 2.75) is 64.4 Å². The number of ether oxygens (including phenoxy) is 1. The van der Waals surface area contributed by atoms with E-state index in [1.54, 1.807) is 6.92 Å². The lowest BCUT2D eigenvalue weighted by atomic mass is 9.55. The van der Waals surface area contributed by atoms with Gasteiger partial charge >= 0.3 is 5.97 Å². The number of hydrogen-bond donors (Lipinski definition) is 0. The van der Waals surface area contributed by atoms with Gasteiger partial charge in [0.25, 0.3) is 0 Å². The molecule has 0 saturated heterocycles. The molecule has 4 nitrogen and oxygen atoms in total. The molecule has 0 N–H and O–H groups in total. The van der Waals surface area contributed by atoms with Crippen molar-refractivity contribution in [1.82, 2.24) is 0 Å². The summed E-state index contributed by atoms with van der Waals surface area (Å²) >= 11 is 0. The van der Waals surface area contributed by atoms with Crippen molar-refractivity contribution in [1.29, 1.82) is 0 Å².